The van der Waals surface area contributed by atoms with E-state index in [1.165, 1.54) is 0 Å². The molecule has 5 nitrogen and oxygen atoms in total. The molecule has 0 fully saturated rings. The fraction of sp³-hybridized carbons (Fsp3) is 0.238. The Morgan fingerprint density at radius 2 is 1.65 bits per heavy atom. The van der Waals surface area contributed by atoms with E-state index in [0.29, 0.717) is 11.3 Å². The van der Waals surface area contributed by atoms with E-state index in [-0.39, 0.29) is 11.8 Å². The highest BCUT2D eigenvalue weighted by Gasteiger charge is 2.34. The van der Waals surface area contributed by atoms with Crippen molar-refractivity contribution in [3.8, 4) is 0 Å². The van der Waals surface area contributed by atoms with Crippen LogP contribution in [0.15, 0.2) is 65.9 Å². The monoisotopic (exact) mass is 349 g/mol. The van der Waals surface area contributed by atoms with Crippen molar-refractivity contribution < 1.29 is 9.59 Å². The van der Waals surface area contributed by atoms with Gasteiger partial charge in [0.05, 0.1) is 11.7 Å². The zero-order chi connectivity index (χ0) is 18.8. The van der Waals surface area contributed by atoms with Gasteiger partial charge in [0, 0.05) is 31.1 Å². The number of para-hydroxylation sites is 1. The Morgan fingerprint density at radius 1 is 1.04 bits per heavy atom. The normalized spacial score (nSPS) is 17.2. The molecule has 2 aromatic carbocycles. The van der Waals surface area contributed by atoms with Crippen LogP contribution in [0, 0.1) is 0 Å². The molecule has 1 N–H and O–H groups in total. The highest BCUT2D eigenvalue weighted by atomic mass is 16.2. The number of hydrogen-bond acceptors (Lipinski definition) is 3. The Morgan fingerprint density at radius 3 is 2.19 bits per heavy atom. The third kappa shape index (κ3) is 3.20. The molecular weight excluding hydrogens is 326 g/mol. The van der Waals surface area contributed by atoms with Gasteiger partial charge in [0.2, 0.25) is 0 Å². The summed E-state index contributed by atoms with van der Waals surface area (Å²) in [5, 5.41) is 2.99. The van der Waals surface area contributed by atoms with Crippen LogP contribution in [-0.2, 0) is 4.79 Å². The number of allylic oxidation sites excluding steroid dienone is 1. The summed E-state index contributed by atoms with van der Waals surface area (Å²) in [6.45, 7) is 3.37. The Balaban J connectivity index is 2.06. The third-order valence-corrected chi connectivity index (χ3v) is 4.62. The fourth-order valence-electron chi connectivity index (χ4n) is 3.30. The van der Waals surface area contributed by atoms with E-state index in [4.69, 9.17) is 0 Å². The molecule has 3 rings (SSSR count). The van der Waals surface area contributed by atoms with Crippen molar-refractivity contribution in [2.45, 2.75) is 19.9 Å². The van der Waals surface area contributed by atoms with Crippen molar-refractivity contribution in [1.29, 1.82) is 0 Å². The molecular formula is C21H23N3O2. The molecule has 0 aliphatic carbocycles. The number of anilines is 2. The largest absolute Gasteiger partial charge is 0.378 e. The molecule has 0 saturated heterocycles. The summed E-state index contributed by atoms with van der Waals surface area (Å²) in [5.74, 6) is -0.0508. The first kappa shape index (κ1) is 17.7. The SMILES string of the molecule is CC(=O)C1=C(C)N(c2ccccc2)C(=O)NC1c1ccc(N(C)C)cc1. The fourth-order valence-corrected chi connectivity index (χ4v) is 3.30. The molecule has 1 aliphatic heterocycles. The van der Waals surface area contributed by atoms with Crippen LogP contribution in [-0.4, -0.2) is 25.9 Å². The van der Waals surface area contributed by atoms with E-state index in [1.54, 1.807) is 11.8 Å². The summed E-state index contributed by atoms with van der Waals surface area (Å²) in [6, 6.07) is 16.5. The van der Waals surface area contributed by atoms with Crippen LogP contribution in [0.25, 0.3) is 0 Å². The van der Waals surface area contributed by atoms with Gasteiger partial charge in [-0.1, -0.05) is 30.3 Å². The first-order valence-electron chi connectivity index (χ1n) is 8.55. The van der Waals surface area contributed by atoms with Crippen LogP contribution in [0.3, 0.4) is 0 Å². The smallest absolute Gasteiger partial charge is 0.326 e. The number of rotatable bonds is 4. The lowest BCUT2D eigenvalue weighted by atomic mass is 9.92. The van der Waals surface area contributed by atoms with E-state index in [9.17, 15) is 9.59 Å². The van der Waals surface area contributed by atoms with Crippen molar-refractivity contribution in [2.24, 2.45) is 0 Å². The van der Waals surface area contributed by atoms with Gasteiger partial charge in [-0.2, -0.15) is 0 Å². The molecule has 2 aromatic rings. The number of Topliss-reactive ketones (excluding diaryl/α,β-unsaturated/α-hetero) is 1. The second-order valence-electron chi connectivity index (χ2n) is 6.59. The van der Waals surface area contributed by atoms with Crippen LogP contribution in [0.5, 0.6) is 0 Å². The van der Waals surface area contributed by atoms with Gasteiger partial charge < -0.3 is 10.2 Å². The van der Waals surface area contributed by atoms with Gasteiger partial charge in [-0.25, -0.2) is 4.79 Å². The predicted molar refractivity (Wildman–Crippen MR) is 104 cm³/mol. The summed E-state index contributed by atoms with van der Waals surface area (Å²) >= 11 is 0. The Hall–Kier alpha value is -3.08. The molecule has 1 aliphatic rings. The molecule has 1 heterocycles. The topological polar surface area (TPSA) is 52.7 Å². The molecule has 1 unspecified atom stereocenters. The molecule has 134 valence electrons. The number of hydrogen-bond donors (Lipinski definition) is 1. The van der Waals surface area contributed by atoms with Crippen LogP contribution in [0.1, 0.15) is 25.5 Å². The summed E-state index contributed by atoms with van der Waals surface area (Å²) in [4.78, 5) is 28.8. The summed E-state index contributed by atoms with van der Waals surface area (Å²) < 4.78 is 0. The average molecular weight is 349 g/mol. The summed E-state index contributed by atoms with van der Waals surface area (Å²) in [6.07, 6.45) is 0. The Kier molecular flexibility index (Phi) is 4.80. The zero-order valence-electron chi connectivity index (χ0n) is 15.5. The molecule has 0 aromatic heterocycles. The van der Waals surface area contributed by atoms with E-state index < -0.39 is 6.04 Å². The molecule has 0 radical (unpaired) electrons. The molecule has 0 bridgehead atoms. The van der Waals surface area contributed by atoms with Crippen molar-refractivity contribution >= 4 is 23.2 Å². The zero-order valence-corrected chi connectivity index (χ0v) is 15.5. The van der Waals surface area contributed by atoms with Gasteiger partial charge >= 0.3 is 6.03 Å². The van der Waals surface area contributed by atoms with Crippen LogP contribution < -0.4 is 15.1 Å². The van der Waals surface area contributed by atoms with Gasteiger partial charge in [0.1, 0.15) is 0 Å². The quantitative estimate of drug-likeness (QED) is 0.911. The Labute approximate surface area is 153 Å². The molecule has 0 saturated carbocycles. The molecule has 1 atom stereocenters. The van der Waals surface area contributed by atoms with Crippen molar-refractivity contribution in [3.05, 3.63) is 71.4 Å². The average Bonchev–Trinajstić information content (AvgIpc) is 2.61. The molecule has 2 amide bonds. The second kappa shape index (κ2) is 7.04. The number of benzene rings is 2. The van der Waals surface area contributed by atoms with E-state index in [0.717, 1.165) is 16.9 Å². The van der Waals surface area contributed by atoms with Gasteiger partial charge in [0.25, 0.3) is 0 Å². The summed E-state index contributed by atoms with van der Waals surface area (Å²) in [5.41, 5.74) is 3.95. The highest BCUT2D eigenvalue weighted by Crippen LogP contribution is 2.34. The molecule has 5 heteroatoms. The molecule has 26 heavy (non-hydrogen) atoms. The predicted octanol–water partition coefficient (Wildman–Crippen LogP) is 3.89. The maximum atomic E-state index is 12.8. The maximum absolute atomic E-state index is 12.8. The van der Waals surface area contributed by atoms with E-state index >= 15 is 0 Å². The van der Waals surface area contributed by atoms with E-state index in [1.807, 2.05) is 80.5 Å². The Bertz CT molecular complexity index is 855. The number of ketones is 1. The van der Waals surface area contributed by atoms with Gasteiger partial charge in [-0.05, 0) is 43.7 Å². The van der Waals surface area contributed by atoms with Crippen molar-refractivity contribution in [3.63, 3.8) is 0 Å². The van der Waals surface area contributed by atoms with E-state index in [2.05, 4.69) is 5.32 Å². The van der Waals surface area contributed by atoms with Gasteiger partial charge in [-0.3, -0.25) is 9.69 Å². The van der Waals surface area contributed by atoms with Crippen LogP contribution in [0.4, 0.5) is 16.2 Å². The lowest BCUT2D eigenvalue weighted by Crippen LogP contribution is -2.47. The van der Waals surface area contributed by atoms with Crippen molar-refractivity contribution in [1.82, 2.24) is 5.32 Å². The van der Waals surface area contributed by atoms with Gasteiger partial charge in [0.15, 0.2) is 5.78 Å². The second-order valence-corrected chi connectivity index (χ2v) is 6.59. The standard InChI is InChI=1S/C21H23N3O2/c1-14-19(15(2)25)20(16-10-12-17(13-11-16)23(3)4)22-21(26)24(14)18-8-6-5-7-9-18/h5-13,20H,1-4H3,(H,22,26). The van der Waals surface area contributed by atoms with Gasteiger partial charge in [-0.15, -0.1) is 0 Å². The molecule has 0 spiro atoms. The third-order valence-electron chi connectivity index (χ3n) is 4.62. The number of carbonyl (C=O) groups excluding carboxylic acids is 2. The number of urea groups is 1. The number of carbonyl (C=O) groups is 2. The first-order valence-corrected chi connectivity index (χ1v) is 8.55. The minimum atomic E-state index is -0.448. The first-order chi connectivity index (χ1) is 12.4. The number of nitrogens with zero attached hydrogens (tertiary/aromatic N) is 2. The van der Waals surface area contributed by atoms with Crippen molar-refractivity contribution in [2.75, 3.05) is 23.9 Å². The maximum Gasteiger partial charge on any atom is 0.326 e. The lowest BCUT2D eigenvalue weighted by molar-refractivity contribution is -0.114. The van der Waals surface area contributed by atoms with Crippen LogP contribution in [0.2, 0.25) is 0 Å². The van der Waals surface area contributed by atoms with Crippen LogP contribution >= 0.6 is 0 Å². The number of amides is 2. The minimum Gasteiger partial charge on any atom is -0.378 e. The number of nitrogens with one attached hydrogen (secondary N) is 1. The lowest BCUT2D eigenvalue weighted by Gasteiger charge is -2.35. The minimum absolute atomic E-state index is 0.0508. The summed E-state index contributed by atoms with van der Waals surface area (Å²) in [7, 11) is 3.94. The highest BCUT2D eigenvalue weighted by molar-refractivity contribution is 6.04.